The van der Waals surface area contributed by atoms with Crippen molar-refractivity contribution < 1.29 is 13.9 Å². The zero-order chi connectivity index (χ0) is 22.1. The average Bonchev–Trinajstić information content (AvgIpc) is 3.17. The molecule has 0 aliphatic carbocycles. The molecule has 3 rings (SSSR count). The lowest BCUT2D eigenvalue weighted by atomic mass is 10.2. The first-order chi connectivity index (χ1) is 15.1. The Morgan fingerprint density at radius 3 is 2.65 bits per heavy atom. The first-order valence-corrected chi connectivity index (χ1v) is 11.3. The predicted molar refractivity (Wildman–Crippen MR) is 119 cm³/mol. The second-order valence-electron chi connectivity index (χ2n) is 6.70. The van der Waals surface area contributed by atoms with Crippen LogP contribution in [-0.2, 0) is 20.2 Å². The third-order valence-electron chi connectivity index (χ3n) is 4.35. The van der Waals surface area contributed by atoms with Gasteiger partial charge in [0.1, 0.15) is 12.4 Å². The minimum absolute atomic E-state index is 0.275. The van der Waals surface area contributed by atoms with E-state index < -0.39 is 0 Å². The molecule has 0 bridgehead atoms. The summed E-state index contributed by atoms with van der Waals surface area (Å²) in [7, 11) is 1.82. The summed E-state index contributed by atoms with van der Waals surface area (Å²) in [5.41, 5.74) is 1.80. The summed E-state index contributed by atoms with van der Waals surface area (Å²) < 4.78 is 26.4. The van der Waals surface area contributed by atoms with Crippen molar-refractivity contribution in [1.82, 2.24) is 25.5 Å². The third kappa shape index (κ3) is 7.09. The first-order valence-electron chi connectivity index (χ1n) is 9.95. The van der Waals surface area contributed by atoms with Gasteiger partial charge in [-0.3, -0.25) is 0 Å². The molecule has 0 spiro atoms. The highest BCUT2D eigenvalue weighted by molar-refractivity contribution is 7.99. The molecule has 31 heavy (non-hydrogen) atoms. The highest BCUT2D eigenvalue weighted by Crippen LogP contribution is 2.34. The highest BCUT2D eigenvalue weighted by Gasteiger charge is 2.12. The summed E-state index contributed by atoms with van der Waals surface area (Å²) in [5, 5.41) is 16.2. The topological polar surface area (TPSA) is 74.1 Å². The monoisotopic (exact) mass is 465 g/mol. The van der Waals surface area contributed by atoms with Crippen LogP contribution in [0.5, 0.6) is 11.5 Å². The Hall–Kier alpha value is -2.36. The maximum atomic E-state index is 13.1. The fraction of sp³-hybridized carbons (Fsp3) is 0.381. The van der Waals surface area contributed by atoms with Gasteiger partial charge in [-0.15, -0.1) is 5.10 Å². The van der Waals surface area contributed by atoms with E-state index in [1.54, 1.807) is 34.6 Å². The Bertz CT molecular complexity index is 971. The molecule has 2 aromatic carbocycles. The van der Waals surface area contributed by atoms with Gasteiger partial charge in [-0.1, -0.05) is 35.5 Å². The van der Waals surface area contributed by atoms with Crippen LogP contribution in [0.3, 0.4) is 0 Å². The number of halogens is 2. The summed E-state index contributed by atoms with van der Waals surface area (Å²) in [6.45, 7) is 4.18. The molecule has 0 radical (unpaired) electrons. The molecule has 3 aromatic rings. The summed E-state index contributed by atoms with van der Waals surface area (Å²) in [6.07, 6.45) is 0.965. The van der Waals surface area contributed by atoms with Crippen LogP contribution in [0.15, 0.2) is 41.6 Å². The van der Waals surface area contributed by atoms with Gasteiger partial charge in [-0.25, -0.2) is 9.07 Å². The molecule has 1 heterocycles. The summed E-state index contributed by atoms with van der Waals surface area (Å²) >= 11 is 8.10. The molecule has 0 aliphatic heterocycles. The normalized spacial score (nSPS) is 11.0. The number of aryl methyl sites for hydroxylation is 1. The van der Waals surface area contributed by atoms with Crippen molar-refractivity contribution in [3.8, 4) is 11.5 Å². The van der Waals surface area contributed by atoms with Gasteiger partial charge in [0.2, 0.25) is 5.16 Å². The second kappa shape index (κ2) is 11.9. The van der Waals surface area contributed by atoms with E-state index in [2.05, 4.69) is 20.8 Å². The van der Waals surface area contributed by atoms with Gasteiger partial charge in [-0.05, 0) is 59.6 Å². The molecule has 0 unspecified atom stereocenters. The number of ether oxygens (including phenoxy) is 2. The zero-order valence-corrected chi connectivity index (χ0v) is 19.0. The fourth-order valence-electron chi connectivity index (χ4n) is 2.76. The number of thioether (sulfide) groups is 1. The van der Waals surface area contributed by atoms with Gasteiger partial charge in [0, 0.05) is 30.4 Å². The number of rotatable bonds is 12. The second-order valence-corrected chi connectivity index (χ2v) is 8.17. The summed E-state index contributed by atoms with van der Waals surface area (Å²) in [6, 6.07) is 9.87. The first kappa shape index (κ1) is 23.3. The lowest BCUT2D eigenvalue weighted by molar-refractivity contribution is 0.269. The number of nitrogens with zero attached hydrogens (tertiary/aromatic N) is 4. The van der Waals surface area contributed by atoms with Gasteiger partial charge < -0.3 is 14.8 Å². The molecule has 0 amide bonds. The van der Waals surface area contributed by atoms with Gasteiger partial charge in [-0.2, -0.15) is 0 Å². The SMILES string of the molecule is CCOc1cc(CNCCCSc2nnnn2C)c(Cl)cc1OCc1ccc(F)cc1. The lowest BCUT2D eigenvalue weighted by Gasteiger charge is -2.15. The number of tetrazole rings is 1. The van der Waals surface area contributed by atoms with E-state index in [1.165, 1.54) is 12.1 Å². The predicted octanol–water partition coefficient (Wildman–Crippen LogP) is 4.25. The van der Waals surface area contributed by atoms with E-state index in [9.17, 15) is 4.39 Å². The van der Waals surface area contributed by atoms with E-state index in [-0.39, 0.29) is 5.82 Å². The molecule has 166 valence electrons. The number of nitrogens with one attached hydrogen (secondary N) is 1. The Labute approximate surface area is 190 Å². The molecule has 0 fully saturated rings. The Morgan fingerprint density at radius 2 is 1.94 bits per heavy atom. The smallest absolute Gasteiger partial charge is 0.209 e. The maximum absolute atomic E-state index is 13.1. The van der Waals surface area contributed by atoms with Crippen LogP contribution in [-0.4, -0.2) is 39.1 Å². The van der Waals surface area contributed by atoms with Crippen LogP contribution in [0.1, 0.15) is 24.5 Å². The molecule has 7 nitrogen and oxygen atoms in total. The number of hydrogen-bond donors (Lipinski definition) is 1. The van der Waals surface area contributed by atoms with Crippen LogP contribution in [0.2, 0.25) is 5.02 Å². The van der Waals surface area contributed by atoms with Crippen molar-refractivity contribution in [2.24, 2.45) is 7.05 Å². The summed E-state index contributed by atoms with van der Waals surface area (Å²) in [4.78, 5) is 0. The molecule has 0 aliphatic rings. The molecule has 0 saturated carbocycles. The van der Waals surface area contributed by atoms with Crippen molar-refractivity contribution in [3.05, 3.63) is 58.4 Å². The standard InChI is InChI=1S/C21H25ClFN5O2S/c1-3-29-19-11-16(13-24-9-4-10-31-21-25-26-27-28(21)2)18(22)12-20(19)30-14-15-5-7-17(23)8-6-15/h5-8,11-12,24H,3-4,9-10,13-14H2,1-2H3. The van der Waals surface area contributed by atoms with E-state index in [0.29, 0.717) is 36.3 Å². The van der Waals surface area contributed by atoms with Gasteiger partial charge in [0.15, 0.2) is 11.5 Å². The van der Waals surface area contributed by atoms with Crippen molar-refractivity contribution in [1.29, 1.82) is 0 Å². The fourth-order valence-corrected chi connectivity index (χ4v) is 3.77. The molecular weight excluding hydrogens is 441 g/mol. The molecule has 10 heteroatoms. The highest BCUT2D eigenvalue weighted by atomic mass is 35.5. The number of benzene rings is 2. The van der Waals surface area contributed by atoms with Crippen LogP contribution in [0.4, 0.5) is 4.39 Å². The Kier molecular flexibility index (Phi) is 8.93. The van der Waals surface area contributed by atoms with Crippen molar-refractivity contribution >= 4 is 23.4 Å². The quantitative estimate of drug-likeness (QED) is 0.316. The average molecular weight is 466 g/mol. The van der Waals surface area contributed by atoms with Crippen LogP contribution in [0.25, 0.3) is 0 Å². The molecule has 1 aromatic heterocycles. The third-order valence-corrected chi connectivity index (χ3v) is 5.79. The van der Waals surface area contributed by atoms with Gasteiger partial charge >= 0.3 is 0 Å². The van der Waals surface area contributed by atoms with E-state index in [4.69, 9.17) is 21.1 Å². The maximum Gasteiger partial charge on any atom is 0.209 e. The van der Waals surface area contributed by atoms with E-state index >= 15 is 0 Å². The molecule has 0 saturated heterocycles. The minimum Gasteiger partial charge on any atom is -0.490 e. The van der Waals surface area contributed by atoms with Crippen LogP contribution in [0, 0.1) is 5.82 Å². The van der Waals surface area contributed by atoms with Gasteiger partial charge in [0.25, 0.3) is 0 Å². The molecular formula is C21H25ClFN5O2S. The van der Waals surface area contributed by atoms with Crippen molar-refractivity contribution in [2.45, 2.75) is 31.7 Å². The summed E-state index contributed by atoms with van der Waals surface area (Å²) in [5.74, 6) is 1.84. The number of aromatic nitrogens is 4. The van der Waals surface area contributed by atoms with Gasteiger partial charge in [0.05, 0.1) is 6.61 Å². The van der Waals surface area contributed by atoms with Crippen molar-refractivity contribution in [3.63, 3.8) is 0 Å². The molecule has 1 N–H and O–H groups in total. The minimum atomic E-state index is -0.275. The number of hydrogen-bond acceptors (Lipinski definition) is 7. The lowest BCUT2D eigenvalue weighted by Crippen LogP contribution is -2.16. The van der Waals surface area contributed by atoms with E-state index in [1.807, 2.05) is 20.0 Å². The van der Waals surface area contributed by atoms with Crippen LogP contribution >= 0.6 is 23.4 Å². The van der Waals surface area contributed by atoms with Crippen LogP contribution < -0.4 is 14.8 Å². The zero-order valence-electron chi connectivity index (χ0n) is 17.5. The van der Waals surface area contributed by atoms with E-state index in [0.717, 1.165) is 35.0 Å². The van der Waals surface area contributed by atoms with Crippen molar-refractivity contribution in [2.75, 3.05) is 18.9 Å². The molecule has 0 atom stereocenters. The largest absolute Gasteiger partial charge is 0.490 e. The Balaban J connectivity index is 1.51. The Morgan fingerprint density at radius 1 is 1.16 bits per heavy atom.